The molecule has 0 aromatic heterocycles. The van der Waals surface area contributed by atoms with Gasteiger partial charge in [-0.05, 0) is 39.3 Å². The highest BCUT2D eigenvalue weighted by molar-refractivity contribution is 5.78. The Morgan fingerprint density at radius 3 is 2.18 bits per heavy atom. The molecule has 1 aromatic carbocycles. The van der Waals surface area contributed by atoms with E-state index in [2.05, 4.69) is 4.74 Å². The standard InChI is InChI=1S/C12H13F3O2/c1-6-5-7(13)9(15)10(8(6)14)17-11(16)12(2,3)4/h5H,1-4H3. The van der Waals surface area contributed by atoms with Crippen molar-refractivity contribution >= 4 is 5.97 Å². The molecule has 2 nitrogen and oxygen atoms in total. The Hall–Kier alpha value is -1.52. The fourth-order valence-electron chi connectivity index (χ4n) is 1.04. The fourth-order valence-corrected chi connectivity index (χ4v) is 1.04. The van der Waals surface area contributed by atoms with Crippen molar-refractivity contribution in [1.29, 1.82) is 0 Å². The van der Waals surface area contributed by atoms with Gasteiger partial charge in [-0.15, -0.1) is 0 Å². The highest BCUT2D eigenvalue weighted by Crippen LogP contribution is 2.29. The van der Waals surface area contributed by atoms with Gasteiger partial charge >= 0.3 is 5.97 Å². The number of ether oxygens (including phenoxy) is 1. The summed E-state index contributed by atoms with van der Waals surface area (Å²) in [7, 11) is 0. The summed E-state index contributed by atoms with van der Waals surface area (Å²) < 4.78 is 44.4. The average molecular weight is 246 g/mol. The van der Waals surface area contributed by atoms with Gasteiger partial charge in [-0.3, -0.25) is 4.79 Å². The molecule has 1 rings (SSSR count). The fraction of sp³-hybridized carbons (Fsp3) is 0.417. The number of carbonyl (C=O) groups is 1. The van der Waals surface area contributed by atoms with Crippen LogP contribution in [-0.2, 0) is 4.79 Å². The van der Waals surface area contributed by atoms with Gasteiger partial charge in [-0.2, -0.15) is 4.39 Å². The molecule has 0 fully saturated rings. The third-order valence-corrected chi connectivity index (χ3v) is 2.10. The molecule has 0 aliphatic rings. The predicted molar refractivity (Wildman–Crippen MR) is 56.1 cm³/mol. The van der Waals surface area contributed by atoms with Crippen LogP contribution in [0.5, 0.6) is 5.75 Å². The highest BCUT2D eigenvalue weighted by atomic mass is 19.2. The lowest BCUT2D eigenvalue weighted by Crippen LogP contribution is -2.26. The maximum atomic E-state index is 13.5. The second-order valence-electron chi connectivity index (χ2n) is 4.77. The molecule has 0 radical (unpaired) electrons. The first-order chi connectivity index (χ1) is 7.64. The molecule has 0 spiro atoms. The van der Waals surface area contributed by atoms with Gasteiger partial charge in [0.25, 0.3) is 0 Å². The second kappa shape index (κ2) is 4.39. The minimum Gasteiger partial charge on any atom is -0.420 e. The number of carbonyl (C=O) groups excluding carboxylic acids is 1. The molecule has 0 heterocycles. The SMILES string of the molecule is Cc1cc(F)c(F)c(OC(=O)C(C)(C)C)c1F. The molecule has 0 saturated carbocycles. The van der Waals surface area contributed by atoms with Crippen LogP contribution in [0, 0.1) is 29.8 Å². The maximum Gasteiger partial charge on any atom is 0.316 e. The largest absolute Gasteiger partial charge is 0.420 e. The number of hydrogen-bond donors (Lipinski definition) is 0. The molecule has 0 aliphatic heterocycles. The second-order valence-corrected chi connectivity index (χ2v) is 4.77. The normalized spacial score (nSPS) is 11.5. The smallest absolute Gasteiger partial charge is 0.316 e. The van der Waals surface area contributed by atoms with Crippen LogP contribution < -0.4 is 4.74 Å². The van der Waals surface area contributed by atoms with Crippen LogP contribution in [0.25, 0.3) is 0 Å². The van der Waals surface area contributed by atoms with E-state index < -0.39 is 34.6 Å². The molecule has 0 atom stereocenters. The monoisotopic (exact) mass is 246 g/mol. The quantitative estimate of drug-likeness (QED) is 0.431. The van der Waals surface area contributed by atoms with Crippen LogP contribution in [0.3, 0.4) is 0 Å². The van der Waals surface area contributed by atoms with E-state index in [1.54, 1.807) is 0 Å². The summed E-state index contributed by atoms with van der Waals surface area (Å²) in [5.41, 5.74) is -1.06. The Morgan fingerprint density at radius 2 is 1.71 bits per heavy atom. The van der Waals surface area contributed by atoms with Gasteiger partial charge in [0.05, 0.1) is 5.41 Å². The molecule has 0 aliphatic carbocycles. The third kappa shape index (κ3) is 2.78. The van der Waals surface area contributed by atoms with Crippen molar-refractivity contribution in [2.45, 2.75) is 27.7 Å². The third-order valence-electron chi connectivity index (χ3n) is 2.10. The predicted octanol–water partition coefficient (Wildman–Crippen LogP) is 3.36. The lowest BCUT2D eigenvalue weighted by molar-refractivity contribution is -0.143. The summed E-state index contributed by atoms with van der Waals surface area (Å²) in [4.78, 5) is 11.5. The molecule has 0 N–H and O–H groups in total. The van der Waals surface area contributed by atoms with Crippen molar-refractivity contribution in [3.05, 3.63) is 29.1 Å². The number of halogens is 3. The van der Waals surface area contributed by atoms with Gasteiger partial charge < -0.3 is 4.74 Å². The van der Waals surface area contributed by atoms with Crippen molar-refractivity contribution in [3.8, 4) is 5.75 Å². The van der Waals surface area contributed by atoms with Gasteiger partial charge in [-0.1, -0.05) is 0 Å². The van der Waals surface area contributed by atoms with E-state index >= 15 is 0 Å². The van der Waals surface area contributed by atoms with E-state index in [9.17, 15) is 18.0 Å². The number of aryl methyl sites for hydroxylation is 1. The lowest BCUT2D eigenvalue weighted by Gasteiger charge is -2.17. The summed E-state index contributed by atoms with van der Waals surface area (Å²) in [6.07, 6.45) is 0. The lowest BCUT2D eigenvalue weighted by atomic mass is 9.97. The number of hydrogen-bond acceptors (Lipinski definition) is 2. The summed E-state index contributed by atoms with van der Waals surface area (Å²) in [5, 5.41) is 0. The number of esters is 1. The summed E-state index contributed by atoms with van der Waals surface area (Å²) in [6.45, 7) is 5.83. The van der Waals surface area contributed by atoms with Crippen molar-refractivity contribution in [2.24, 2.45) is 5.41 Å². The van der Waals surface area contributed by atoms with Gasteiger partial charge in [0.15, 0.2) is 11.6 Å². The van der Waals surface area contributed by atoms with Crippen molar-refractivity contribution < 1.29 is 22.7 Å². The van der Waals surface area contributed by atoms with Crippen molar-refractivity contribution in [3.63, 3.8) is 0 Å². The molecule has 0 unspecified atom stereocenters. The first-order valence-electron chi connectivity index (χ1n) is 5.01. The molecule has 94 valence electrons. The Morgan fingerprint density at radius 1 is 1.18 bits per heavy atom. The molecule has 1 aromatic rings. The molecular formula is C12H13F3O2. The summed E-state index contributed by atoms with van der Waals surface area (Å²) >= 11 is 0. The van der Waals surface area contributed by atoms with E-state index in [1.165, 1.54) is 27.7 Å². The van der Waals surface area contributed by atoms with Gasteiger partial charge in [0.1, 0.15) is 0 Å². The summed E-state index contributed by atoms with van der Waals surface area (Å²) in [5.74, 6) is -5.63. The first-order valence-corrected chi connectivity index (χ1v) is 5.01. The Balaban J connectivity index is 3.20. The van der Waals surface area contributed by atoms with E-state index in [1.807, 2.05) is 0 Å². The number of rotatable bonds is 1. The minimum atomic E-state index is -1.49. The molecule has 0 amide bonds. The van der Waals surface area contributed by atoms with E-state index in [-0.39, 0.29) is 5.56 Å². The highest BCUT2D eigenvalue weighted by Gasteiger charge is 2.28. The zero-order valence-electron chi connectivity index (χ0n) is 10.0. The van der Waals surface area contributed by atoms with Crippen LogP contribution in [0.1, 0.15) is 26.3 Å². The molecule has 5 heteroatoms. The summed E-state index contributed by atoms with van der Waals surface area (Å²) in [6, 6.07) is 0.707. The topological polar surface area (TPSA) is 26.3 Å². The van der Waals surface area contributed by atoms with Crippen LogP contribution in [0.2, 0.25) is 0 Å². The van der Waals surface area contributed by atoms with Crippen LogP contribution in [0.15, 0.2) is 6.07 Å². The minimum absolute atomic E-state index is 0.124. The molecule has 0 saturated heterocycles. The molecular weight excluding hydrogens is 233 g/mol. The zero-order chi connectivity index (χ0) is 13.4. The van der Waals surface area contributed by atoms with Crippen LogP contribution >= 0.6 is 0 Å². The van der Waals surface area contributed by atoms with Crippen LogP contribution in [-0.4, -0.2) is 5.97 Å². The van der Waals surface area contributed by atoms with Crippen molar-refractivity contribution in [1.82, 2.24) is 0 Å². The Bertz CT molecular complexity index is 436. The van der Waals surface area contributed by atoms with E-state index in [0.29, 0.717) is 6.07 Å². The number of benzene rings is 1. The average Bonchev–Trinajstić information content (AvgIpc) is 2.20. The van der Waals surface area contributed by atoms with Gasteiger partial charge in [0, 0.05) is 0 Å². The zero-order valence-corrected chi connectivity index (χ0v) is 10.0. The first kappa shape index (κ1) is 13.5. The van der Waals surface area contributed by atoms with Gasteiger partial charge in [0.2, 0.25) is 11.6 Å². The van der Waals surface area contributed by atoms with E-state index in [0.717, 1.165) is 0 Å². The Labute approximate surface area is 97.4 Å². The van der Waals surface area contributed by atoms with Gasteiger partial charge in [-0.25, -0.2) is 8.78 Å². The maximum absolute atomic E-state index is 13.5. The molecule has 0 bridgehead atoms. The Kier molecular flexibility index (Phi) is 3.50. The van der Waals surface area contributed by atoms with Crippen LogP contribution in [0.4, 0.5) is 13.2 Å². The van der Waals surface area contributed by atoms with Crippen molar-refractivity contribution in [2.75, 3.05) is 0 Å². The van der Waals surface area contributed by atoms with E-state index in [4.69, 9.17) is 0 Å². The molecule has 17 heavy (non-hydrogen) atoms.